The lowest BCUT2D eigenvalue weighted by molar-refractivity contribution is 0.0115. The van der Waals surface area contributed by atoms with Crippen LogP contribution in [0.3, 0.4) is 0 Å². The highest BCUT2D eigenvalue weighted by atomic mass is 32.1. The van der Waals surface area contributed by atoms with Gasteiger partial charge in [0, 0.05) is 59.5 Å². The van der Waals surface area contributed by atoms with Crippen LogP contribution in [0.1, 0.15) is 44.8 Å². The molecule has 206 valence electrons. The Morgan fingerprint density at radius 2 is 2.05 bits per heavy atom. The molecule has 1 aliphatic heterocycles. The van der Waals surface area contributed by atoms with Gasteiger partial charge < -0.3 is 10.7 Å². The van der Waals surface area contributed by atoms with Gasteiger partial charge in [-0.15, -0.1) is 17.8 Å². The number of hydrogen-bond donors (Lipinski definition) is 3. The molecule has 1 aromatic carbocycles. The number of terminal acetylenes is 1. The first-order chi connectivity index (χ1) is 19.7. The molecule has 0 amide bonds. The van der Waals surface area contributed by atoms with Crippen LogP contribution in [0.4, 0.5) is 8.78 Å². The largest absolute Gasteiger partial charge is 0.404 e. The second-order valence-electron chi connectivity index (χ2n) is 9.98. The van der Waals surface area contributed by atoms with Crippen LogP contribution in [0, 0.1) is 12.3 Å². The van der Waals surface area contributed by atoms with E-state index in [4.69, 9.17) is 17.1 Å². The number of carbonyl (C=O) groups is 1. The van der Waals surface area contributed by atoms with Crippen molar-refractivity contribution < 1.29 is 13.6 Å². The van der Waals surface area contributed by atoms with Crippen molar-refractivity contribution in [3.63, 3.8) is 0 Å². The summed E-state index contributed by atoms with van der Waals surface area (Å²) in [6.07, 6.45) is 10.6. The Hall–Kier alpha value is -4.66. The smallest absolute Gasteiger partial charge is 0.261 e. The molecule has 0 aliphatic carbocycles. The number of imidazole rings is 1. The number of ketones is 1. The molecule has 8 nitrogen and oxygen atoms in total. The summed E-state index contributed by atoms with van der Waals surface area (Å²) in [6, 6.07) is 11.4. The molecule has 11 heteroatoms. The second-order valence-corrected chi connectivity index (χ2v) is 11.1. The highest BCUT2D eigenvalue weighted by Crippen LogP contribution is 2.34. The van der Waals surface area contributed by atoms with E-state index in [-0.39, 0.29) is 18.7 Å². The van der Waals surface area contributed by atoms with Crippen molar-refractivity contribution in [1.29, 1.82) is 0 Å². The van der Waals surface area contributed by atoms with Gasteiger partial charge in [-0.05, 0) is 48.4 Å². The van der Waals surface area contributed by atoms with E-state index >= 15 is 0 Å². The average molecular weight is 570 g/mol. The number of nitrogens with one attached hydrogen (secondary N) is 2. The molecule has 0 radical (unpaired) electrons. The van der Waals surface area contributed by atoms with Gasteiger partial charge in [0.1, 0.15) is 17.1 Å². The fourth-order valence-electron chi connectivity index (χ4n) is 5.04. The molecular weight excluding hydrogens is 544 g/mol. The molecule has 41 heavy (non-hydrogen) atoms. The summed E-state index contributed by atoms with van der Waals surface area (Å²) in [6.45, 7) is 2.05. The Morgan fingerprint density at radius 3 is 2.76 bits per heavy atom. The third-order valence-electron chi connectivity index (χ3n) is 7.06. The summed E-state index contributed by atoms with van der Waals surface area (Å²) >= 11 is 1.32. The van der Waals surface area contributed by atoms with Crippen molar-refractivity contribution in [3.05, 3.63) is 81.7 Å². The minimum absolute atomic E-state index is 0.0327. The van der Waals surface area contributed by atoms with E-state index in [0.717, 1.165) is 32.5 Å². The van der Waals surface area contributed by atoms with Gasteiger partial charge in [-0.3, -0.25) is 19.8 Å². The molecule has 4 aromatic heterocycles. The van der Waals surface area contributed by atoms with E-state index in [2.05, 4.69) is 26.1 Å². The Labute approximate surface area is 238 Å². The van der Waals surface area contributed by atoms with Crippen molar-refractivity contribution in [1.82, 2.24) is 30.0 Å². The highest BCUT2D eigenvalue weighted by Gasteiger charge is 2.37. The van der Waals surface area contributed by atoms with Gasteiger partial charge in [0.2, 0.25) is 0 Å². The summed E-state index contributed by atoms with van der Waals surface area (Å²) in [5, 5.41) is 8.35. The van der Waals surface area contributed by atoms with Crippen molar-refractivity contribution in [2.45, 2.75) is 25.8 Å². The lowest BCUT2D eigenvalue weighted by Crippen LogP contribution is -2.24. The third kappa shape index (κ3) is 5.15. The lowest BCUT2D eigenvalue weighted by atomic mass is 10.0. The number of alkyl halides is 2. The number of nitrogens with zero attached hydrogens (tertiary/aromatic N) is 4. The molecule has 0 atom stereocenters. The van der Waals surface area contributed by atoms with Crippen LogP contribution in [0.2, 0.25) is 0 Å². The summed E-state index contributed by atoms with van der Waals surface area (Å²) in [5.74, 6) is 0.432. The highest BCUT2D eigenvalue weighted by molar-refractivity contribution is 7.15. The molecule has 5 aromatic rings. The molecule has 1 fully saturated rings. The molecular formula is C30H25F2N7OS. The minimum Gasteiger partial charge on any atom is -0.404 e. The fraction of sp³-hybridized carbons (Fsp3) is 0.200. The monoisotopic (exact) mass is 569 g/mol. The quantitative estimate of drug-likeness (QED) is 0.177. The van der Waals surface area contributed by atoms with Crippen LogP contribution < -0.4 is 5.73 Å². The molecule has 0 saturated carbocycles. The van der Waals surface area contributed by atoms with Crippen LogP contribution in [0.15, 0.2) is 55.0 Å². The second kappa shape index (κ2) is 10.4. The maximum Gasteiger partial charge on any atom is 0.261 e. The van der Waals surface area contributed by atoms with Crippen LogP contribution in [0.25, 0.3) is 39.1 Å². The molecule has 1 aliphatic rings. The number of aromatic nitrogens is 5. The number of pyridine rings is 1. The number of aromatic amines is 2. The number of likely N-dealkylation sites (tertiary alicyclic amines) is 1. The van der Waals surface area contributed by atoms with Crippen molar-refractivity contribution in [3.8, 4) is 35.0 Å². The van der Waals surface area contributed by atoms with E-state index in [0.29, 0.717) is 46.4 Å². The number of thiophene rings is 1. The molecule has 4 N–H and O–H groups in total. The molecule has 6 rings (SSSR count). The van der Waals surface area contributed by atoms with E-state index in [9.17, 15) is 13.6 Å². The molecule has 0 unspecified atom stereocenters. The van der Waals surface area contributed by atoms with Gasteiger partial charge in [0.25, 0.3) is 5.92 Å². The number of Topliss-reactive ketones (excluding diaryl/α,β-unsaturated/α-hetero) is 1. The maximum atomic E-state index is 13.7. The average Bonchev–Trinajstić information content (AvgIpc) is 3.75. The van der Waals surface area contributed by atoms with E-state index in [1.54, 1.807) is 23.4 Å². The van der Waals surface area contributed by atoms with E-state index < -0.39 is 5.92 Å². The van der Waals surface area contributed by atoms with Gasteiger partial charge in [-0.2, -0.15) is 5.10 Å². The SMILES string of the molecule is C#Cc1[nH]c(-c2n[nH]c3ccc(-c4cncc(CN5CCC(F)(F)C5)c4)cc23)nc1/C(=C\N)c1ccc(C(C)=O)s1. The van der Waals surface area contributed by atoms with Crippen LogP contribution >= 0.6 is 11.3 Å². The van der Waals surface area contributed by atoms with Gasteiger partial charge in [-0.25, -0.2) is 13.8 Å². The normalized spacial score (nSPS) is 15.4. The first kappa shape index (κ1) is 26.6. The number of H-pyrrole nitrogens is 2. The van der Waals surface area contributed by atoms with Gasteiger partial charge >= 0.3 is 0 Å². The maximum absolute atomic E-state index is 13.7. The summed E-state index contributed by atoms with van der Waals surface area (Å²) < 4.78 is 27.3. The zero-order chi connectivity index (χ0) is 28.7. The van der Waals surface area contributed by atoms with Crippen LogP contribution in [-0.4, -0.2) is 54.8 Å². The number of carbonyl (C=O) groups excluding carboxylic acids is 1. The minimum atomic E-state index is -2.64. The standard InChI is InChI=1S/C30H25F2N7OS/c1-3-23-27(22(12-33)26-7-6-25(41-26)17(2)40)36-29(35-23)28-21-11-19(4-5-24(21)37-38-28)20-10-18(13-34-14-20)15-39-9-8-30(31,32)16-39/h1,4-7,10-14H,8-9,15-16,33H2,2H3,(H,35,36)(H,37,38)/b22-12-. The Morgan fingerprint density at radius 1 is 1.22 bits per heavy atom. The zero-order valence-corrected chi connectivity index (χ0v) is 22.9. The summed E-state index contributed by atoms with van der Waals surface area (Å²) in [7, 11) is 0. The number of nitrogens with two attached hydrogens (primary N) is 1. The first-order valence-corrected chi connectivity index (χ1v) is 13.7. The third-order valence-corrected chi connectivity index (χ3v) is 8.28. The zero-order valence-electron chi connectivity index (χ0n) is 22.0. The topological polar surface area (TPSA) is 117 Å². The van der Waals surface area contributed by atoms with Crippen LogP contribution in [0.5, 0.6) is 0 Å². The van der Waals surface area contributed by atoms with Crippen molar-refractivity contribution in [2.24, 2.45) is 5.73 Å². The Bertz CT molecular complexity index is 1860. The predicted octanol–water partition coefficient (Wildman–Crippen LogP) is 5.45. The molecule has 0 bridgehead atoms. The van der Waals surface area contributed by atoms with Crippen molar-refractivity contribution >= 4 is 33.6 Å². The van der Waals surface area contributed by atoms with E-state index in [1.807, 2.05) is 30.3 Å². The fourth-order valence-corrected chi connectivity index (χ4v) is 5.97. The first-order valence-electron chi connectivity index (χ1n) is 12.9. The number of benzene rings is 1. The Kier molecular flexibility index (Phi) is 6.73. The van der Waals surface area contributed by atoms with Gasteiger partial charge in [-0.1, -0.05) is 12.0 Å². The number of rotatable bonds is 7. The van der Waals surface area contributed by atoms with Gasteiger partial charge in [0.05, 0.1) is 16.9 Å². The number of hydrogen-bond acceptors (Lipinski definition) is 7. The Balaban J connectivity index is 1.34. The predicted molar refractivity (Wildman–Crippen MR) is 155 cm³/mol. The summed E-state index contributed by atoms with van der Waals surface area (Å²) in [4.78, 5) is 27.3. The molecule has 5 heterocycles. The van der Waals surface area contributed by atoms with Crippen LogP contribution in [-0.2, 0) is 6.54 Å². The molecule has 1 saturated heterocycles. The summed E-state index contributed by atoms with van der Waals surface area (Å²) in [5.41, 5.74) is 11.5. The van der Waals surface area contributed by atoms with Gasteiger partial charge in [0.15, 0.2) is 11.6 Å². The van der Waals surface area contributed by atoms with Crippen molar-refractivity contribution in [2.75, 3.05) is 13.1 Å². The number of fused-ring (bicyclic) bond motifs is 1. The lowest BCUT2D eigenvalue weighted by Gasteiger charge is -2.15. The number of halogens is 2. The molecule has 0 spiro atoms. The van der Waals surface area contributed by atoms with E-state index in [1.165, 1.54) is 24.5 Å².